The number of nitrogens with one attached hydrogen (secondary N) is 1. The molecule has 22 heavy (non-hydrogen) atoms. The lowest BCUT2D eigenvalue weighted by Crippen LogP contribution is -2.39. The van der Waals surface area contributed by atoms with E-state index in [0.29, 0.717) is 12.5 Å². The molecule has 0 aromatic carbocycles. The number of nitrogens with two attached hydrogens (primary N) is 1. The van der Waals surface area contributed by atoms with Crippen LogP contribution in [0.4, 0.5) is 0 Å². The summed E-state index contributed by atoms with van der Waals surface area (Å²) in [4.78, 5) is 24.3. The highest BCUT2D eigenvalue weighted by Crippen LogP contribution is 2.26. The van der Waals surface area contributed by atoms with Gasteiger partial charge in [0.1, 0.15) is 10.7 Å². The van der Waals surface area contributed by atoms with Crippen LogP contribution in [0, 0.1) is 19.8 Å². The van der Waals surface area contributed by atoms with Gasteiger partial charge in [-0.15, -0.1) is 11.3 Å². The summed E-state index contributed by atoms with van der Waals surface area (Å²) in [7, 11) is 0. The van der Waals surface area contributed by atoms with Gasteiger partial charge in [0.05, 0.1) is 11.9 Å². The van der Waals surface area contributed by atoms with Gasteiger partial charge in [0.25, 0.3) is 5.56 Å². The van der Waals surface area contributed by atoms with Crippen LogP contribution in [-0.4, -0.2) is 34.0 Å². The molecule has 5 nitrogen and oxygen atoms in total. The fourth-order valence-corrected chi connectivity index (χ4v) is 4.27. The van der Waals surface area contributed by atoms with Crippen molar-refractivity contribution >= 4 is 21.6 Å². The van der Waals surface area contributed by atoms with Crippen LogP contribution in [0.25, 0.3) is 10.2 Å². The van der Waals surface area contributed by atoms with E-state index in [0.717, 1.165) is 47.5 Å². The van der Waals surface area contributed by atoms with Crippen molar-refractivity contribution in [3.05, 3.63) is 26.6 Å². The molecule has 0 radical (unpaired) electrons. The molecule has 2 aromatic heterocycles. The zero-order valence-electron chi connectivity index (χ0n) is 13.5. The Morgan fingerprint density at radius 2 is 2.09 bits per heavy atom. The van der Waals surface area contributed by atoms with Crippen LogP contribution in [-0.2, 0) is 6.54 Å². The van der Waals surface area contributed by atoms with Crippen molar-refractivity contribution in [2.45, 2.75) is 46.2 Å². The largest absolute Gasteiger partial charge is 0.328 e. The Hall–Kier alpha value is -1.24. The second kappa shape index (κ2) is 6.10. The summed E-state index contributed by atoms with van der Waals surface area (Å²) in [5.74, 6) is 1.39. The van der Waals surface area contributed by atoms with Gasteiger partial charge in [0.15, 0.2) is 0 Å². The number of fused-ring (bicyclic) bond motifs is 1. The molecule has 3 heterocycles. The lowest BCUT2D eigenvalue weighted by molar-refractivity contribution is 0.162. The van der Waals surface area contributed by atoms with E-state index in [2.05, 4.69) is 21.8 Å². The quantitative estimate of drug-likeness (QED) is 0.909. The molecule has 3 rings (SSSR count). The number of thiophene rings is 1. The molecule has 1 aliphatic rings. The Kier molecular flexibility index (Phi) is 4.34. The second-order valence-corrected chi connectivity index (χ2v) is 7.65. The van der Waals surface area contributed by atoms with Gasteiger partial charge in [-0.3, -0.25) is 9.69 Å². The summed E-state index contributed by atoms with van der Waals surface area (Å²) >= 11 is 1.61. The maximum absolute atomic E-state index is 12.3. The third kappa shape index (κ3) is 2.95. The van der Waals surface area contributed by atoms with Crippen LogP contribution >= 0.6 is 11.3 Å². The average molecular weight is 320 g/mol. The molecule has 0 aliphatic carbocycles. The van der Waals surface area contributed by atoms with Crippen molar-refractivity contribution in [3.63, 3.8) is 0 Å². The molecular formula is C16H24N4OS. The zero-order valence-corrected chi connectivity index (χ0v) is 14.3. The number of aryl methyl sites for hydroxylation is 2. The molecule has 0 amide bonds. The molecule has 0 saturated carbocycles. The highest BCUT2D eigenvalue weighted by molar-refractivity contribution is 7.18. The lowest BCUT2D eigenvalue weighted by atomic mass is 9.91. The predicted octanol–water partition coefficient (Wildman–Crippen LogP) is 2.16. The van der Waals surface area contributed by atoms with E-state index in [1.54, 1.807) is 11.3 Å². The molecule has 3 N–H and O–H groups in total. The van der Waals surface area contributed by atoms with E-state index in [9.17, 15) is 4.79 Å². The van der Waals surface area contributed by atoms with E-state index < -0.39 is 0 Å². The van der Waals surface area contributed by atoms with Gasteiger partial charge in [-0.2, -0.15) is 0 Å². The third-order valence-electron chi connectivity index (χ3n) is 4.84. The smallest absolute Gasteiger partial charge is 0.259 e. The summed E-state index contributed by atoms with van der Waals surface area (Å²) in [6.45, 7) is 8.89. The minimum absolute atomic E-state index is 0.00711. The SMILES string of the molecule is Cc1sc2nc(CN3CCC(C(C)N)CC3)[nH]c(=O)c2c1C. The van der Waals surface area contributed by atoms with Gasteiger partial charge in [-0.05, 0) is 58.2 Å². The monoisotopic (exact) mass is 320 g/mol. The highest BCUT2D eigenvalue weighted by Gasteiger charge is 2.22. The molecule has 2 aromatic rings. The van der Waals surface area contributed by atoms with E-state index in [-0.39, 0.29) is 11.6 Å². The van der Waals surface area contributed by atoms with Crippen LogP contribution in [0.5, 0.6) is 0 Å². The molecule has 1 fully saturated rings. The van der Waals surface area contributed by atoms with Crippen molar-refractivity contribution in [1.82, 2.24) is 14.9 Å². The summed E-state index contributed by atoms with van der Waals surface area (Å²) in [5, 5.41) is 0.752. The highest BCUT2D eigenvalue weighted by atomic mass is 32.1. The van der Waals surface area contributed by atoms with Crippen LogP contribution in [0.3, 0.4) is 0 Å². The molecule has 1 unspecified atom stereocenters. The third-order valence-corrected chi connectivity index (χ3v) is 5.94. The van der Waals surface area contributed by atoms with Gasteiger partial charge in [-0.25, -0.2) is 4.98 Å². The van der Waals surface area contributed by atoms with Gasteiger partial charge in [0.2, 0.25) is 0 Å². The first-order chi connectivity index (χ1) is 10.5. The Balaban J connectivity index is 1.77. The summed E-state index contributed by atoms with van der Waals surface area (Å²) in [5.41, 5.74) is 7.03. The van der Waals surface area contributed by atoms with Crippen molar-refractivity contribution in [1.29, 1.82) is 0 Å². The van der Waals surface area contributed by atoms with Crippen LogP contribution in [0.2, 0.25) is 0 Å². The van der Waals surface area contributed by atoms with Crippen molar-refractivity contribution in [2.24, 2.45) is 11.7 Å². The average Bonchev–Trinajstić information content (AvgIpc) is 2.75. The van der Waals surface area contributed by atoms with E-state index in [1.807, 2.05) is 13.8 Å². The molecule has 120 valence electrons. The maximum atomic E-state index is 12.3. The molecule has 1 saturated heterocycles. The Morgan fingerprint density at radius 1 is 1.41 bits per heavy atom. The van der Waals surface area contributed by atoms with E-state index in [1.165, 1.54) is 4.88 Å². The Morgan fingerprint density at radius 3 is 2.73 bits per heavy atom. The molecule has 0 bridgehead atoms. The number of hydrogen-bond donors (Lipinski definition) is 2. The van der Waals surface area contributed by atoms with Gasteiger partial charge in [0, 0.05) is 10.9 Å². The number of nitrogens with zero attached hydrogens (tertiary/aromatic N) is 2. The van der Waals surface area contributed by atoms with Crippen LogP contribution in [0.1, 0.15) is 36.0 Å². The molecule has 6 heteroatoms. The first-order valence-corrected chi connectivity index (χ1v) is 8.74. The summed E-state index contributed by atoms with van der Waals surface area (Å²) < 4.78 is 0. The number of hydrogen-bond acceptors (Lipinski definition) is 5. The number of H-pyrrole nitrogens is 1. The number of likely N-dealkylation sites (tertiary alicyclic amines) is 1. The number of aromatic amines is 1. The normalized spacial score (nSPS) is 18.9. The predicted molar refractivity (Wildman–Crippen MR) is 91.4 cm³/mol. The fraction of sp³-hybridized carbons (Fsp3) is 0.625. The van der Waals surface area contributed by atoms with Crippen molar-refractivity contribution < 1.29 is 0 Å². The standard InChI is InChI=1S/C16H24N4OS/c1-9-11(3)22-16-14(9)15(21)18-13(19-16)8-20-6-4-12(5-7-20)10(2)17/h10,12H,4-8,17H2,1-3H3,(H,18,19,21). The molecule has 1 atom stereocenters. The number of rotatable bonds is 3. The zero-order chi connectivity index (χ0) is 15.9. The molecule has 0 spiro atoms. The Labute approximate surface area is 134 Å². The topological polar surface area (TPSA) is 75.0 Å². The first kappa shape index (κ1) is 15.6. The van der Waals surface area contributed by atoms with E-state index >= 15 is 0 Å². The first-order valence-electron chi connectivity index (χ1n) is 7.92. The van der Waals surface area contributed by atoms with Crippen LogP contribution in [0.15, 0.2) is 4.79 Å². The minimum atomic E-state index is -0.00711. The fourth-order valence-electron chi connectivity index (χ4n) is 3.22. The number of aromatic nitrogens is 2. The summed E-state index contributed by atoms with van der Waals surface area (Å²) in [6.07, 6.45) is 2.25. The second-order valence-electron chi connectivity index (χ2n) is 6.45. The molecular weight excluding hydrogens is 296 g/mol. The van der Waals surface area contributed by atoms with Crippen LogP contribution < -0.4 is 11.3 Å². The maximum Gasteiger partial charge on any atom is 0.259 e. The lowest BCUT2D eigenvalue weighted by Gasteiger charge is -2.33. The van der Waals surface area contributed by atoms with Gasteiger partial charge in [-0.1, -0.05) is 0 Å². The minimum Gasteiger partial charge on any atom is -0.328 e. The summed E-state index contributed by atoms with van der Waals surface area (Å²) in [6, 6.07) is 0.272. The van der Waals surface area contributed by atoms with E-state index in [4.69, 9.17) is 5.73 Å². The van der Waals surface area contributed by atoms with Crippen molar-refractivity contribution in [3.8, 4) is 0 Å². The number of piperidine rings is 1. The van der Waals surface area contributed by atoms with Gasteiger partial charge >= 0.3 is 0 Å². The molecule has 1 aliphatic heterocycles. The van der Waals surface area contributed by atoms with Gasteiger partial charge < -0.3 is 10.7 Å². The van der Waals surface area contributed by atoms with Crippen molar-refractivity contribution in [2.75, 3.05) is 13.1 Å². The Bertz CT molecular complexity index is 726.